The van der Waals surface area contributed by atoms with Gasteiger partial charge in [-0.25, -0.2) is 30.4 Å². The highest BCUT2D eigenvalue weighted by molar-refractivity contribution is 8.65. The molecule has 3 unspecified atom stereocenters. The number of rotatable bonds is 4. The molecule has 62 heavy (non-hydrogen) atoms. The number of hydrogen-bond acceptors (Lipinski definition) is 7. The largest absolute Gasteiger partial charge is 0.445 e. The highest BCUT2D eigenvalue weighted by Crippen LogP contribution is 2.60. The van der Waals surface area contributed by atoms with Crippen LogP contribution in [0.25, 0.3) is 0 Å². The van der Waals surface area contributed by atoms with E-state index in [1.165, 1.54) is 44.4 Å². The second kappa shape index (κ2) is 23.4. The molecule has 332 valence electrons. The SMILES string of the molecule is CC#CC#CC#CC.C[C@H]1C[C@@]2(C=CS(=O)(=O)N2c2cccc(F)c2)CCN1C(=O)OCc1ccccc1.C[C@H]1C[C@]2(CCN1)CCS(=O)(=O)N2c1cccc(F)c1.PP(P)P. The topological polar surface area (TPSA) is 116 Å². The highest BCUT2D eigenvalue weighted by atomic mass is 32.7. The van der Waals surface area contributed by atoms with Crippen molar-refractivity contribution in [2.24, 2.45) is 0 Å². The Balaban J connectivity index is 0.000000226. The van der Waals surface area contributed by atoms with E-state index >= 15 is 0 Å². The summed E-state index contributed by atoms with van der Waals surface area (Å²) >= 11 is 0. The van der Waals surface area contributed by atoms with Gasteiger partial charge >= 0.3 is 6.09 Å². The van der Waals surface area contributed by atoms with Crippen LogP contribution in [0.3, 0.4) is 0 Å². The summed E-state index contributed by atoms with van der Waals surface area (Å²) in [6.07, 6.45) is 4.18. The van der Waals surface area contributed by atoms with E-state index in [4.69, 9.17) is 4.74 Å². The Labute approximate surface area is 374 Å². The number of halogens is 2. The first-order valence-corrected chi connectivity index (χ1v) is 29.1. The predicted molar refractivity (Wildman–Crippen MR) is 259 cm³/mol. The molecule has 0 aliphatic carbocycles. The molecule has 3 aromatic rings. The van der Waals surface area contributed by atoms with Gasteiger partial charge in [0.05, 0.1) is 28.2 Å². The zero-order chi connectivity index (χ0) is 45.6. The first-order valence-electron chi connectivity index (χ1n) is 19.8. The van der Waals surface area contributed by atoms with Gasteiger partial charge in [-0.05, 0) is 145 Å². The molecule has 3 saturated heterocycles. The summed E-state index contributed by atoms with van der Waals surface area (Å²) in [7, 11) is 0.874. The van der Waals surface area contributed by atoms with Gasteiger partial charge in [0.25, 0.3) is 10.0 Å². The van der Waals surface area contributed by atoms with Gasteiger partial charge in [0.2, 0.25) is 10.0 Å². The normalized spacial score (nSPS) is 23.7. The van der Waals surface area contributed by atoms with Crippen LogP contribution in [0.5, 0.6) is 0 Å². The first-order chi connectivity index (χ1) is 29.4. The van der Waals surface area contributed by atoms with E-state index in [9.17, 15) is 30.4 Å². The summed E-state index contributed by atoms with van der Waals surface area (Å²) in [6.45, 7) is 8.86. The lowest BCUT2D eigenvalue weighted by Gasteiger charge is -2.46. The van der Waals surface area contributed by atoms with Crippen LogP contribution in [0, 0.1) is 47.2 Å². The standard InChI is InChI=1S/C22H23FN2O4S.C14H19FN2O2S.C8H6.H6P4/c1-17-15-22(10-12-24(17)21(26)29-16-18-6-3-2-4-7-18)11-13-30(27,28)25(22)20-9-5-8-19(23)14-20;1-11-10-14(5-7-16-11)6-8-20(18,19)17(14)13-4-2-3-12(15)9-13;1-3-5-7-8-6-4-2;1-4(2)3/h2-9,11,13-14,17H,10,12,15-16H2,1H3;2-4,9,11,16H,5-8,10H2,1H3;1-2H3;1-3H2/t17-,22-;11-,14-;;/m00../s1. The first kappa shape index (κ1) is 51.0. The zero-order valence-corrected chi connectivity index (χ0v) is 41.2. The zero-order valence-electron chi connectivity index (χ0n) is 35.2. The van der Waals surface area contributed by atoms with Crippen molar-refractivity contribution in [1.29, 1.82) is 0 Å². The molecule has 7 rings (SSSR count). The molecule has 4 aliphatic rings. The fourth-order valence-corrected chi connectivity index (χ4v) is 11.8. The summed E-state index contributed by atoms with van der Waals surface area (Å²) in [6, 6.07) is 20.9. The number of piperidine rings is 2. The highest BCUT2D eigenvalue weighted by Gasteiger charge is 2.52. The third kappa shape index (κ3) is 13.9. The van der Waals surface area contributed by atoms with Crippen LogP contribution < -0.4 is 13.9 Å². The van der Waals surface area contributed by atoms with Crippen LogP contribution in [0.15, 0.2) is 90.3 Å². The molecule has 0 radical (unpaired) electrons. The van der Waals surface area contributed by atoms with E-state index in [2.05, 4.69) is 74.5 Å². The number of sulfonamides is 2. The molecule has 0 aromatic heterocycles. The molecule has 18 heteroatoms. The monoisotopic (exact) mass is 960 g/mol. The van der Waals surface area contributed by atoms with Gasteiger partial charge in [-0.3, -0.25) is 8.61 Å². The van der Waals surface area contributed by atoms with Gasteiger partial charge in [-0.15, -0.1) is 26.8 Å². The van der Waals surface area contributed by atoms with Crippen LogP contribution in [0.2, 0.25) is 0 Å². The fourth-order valence-electron chi connectivity index (χ4n) is 8.01. The average Bonchev–Trinajstić information content (AvgIpc) is 3.62. The lowest BCUT2D eigenvalue weighted by molar-refractivity contribution is 0.0631. The average molecular weight is 961 g/mol. The molecule has 0 bridgehead atoms. The molecule has 1 N–H and O–H groups in total. The van der Waals surface area contributed by atoms with Crippen molar-refractivity contribution in [1.82, 2.24) is 10.2 Å². The third-order valence-corrected chi connectivity index (χ3v) is 13.9. The second-order valence-electron chi connectivity index (χ2n) is 15.0. The molecule has 3 fully saturated rings. The van der Waals surface area contributed by atoms with Gasteiger partial charge in [0, 0.05) is 24.0 Å². The summed E-state index contributed by atoms with van der Waals surface area (Å²) in [4.78, 5) is 14.2. The molecule has 0 saturated carbocycles. The molecule has 1 amide bonds. The van der Waals surface area contributed by atoms with Crippen LogP contribution in [0.4, 0.5) is 25.0 Å². The number of anilines is 2. The molecule has 3 aromatic carbocycles. The molecule has 10 nitrogen and oxygen atoms in total. The molecule has 4 heterocycles. The number of hydrogen-bond donors (Lipinski definition) is 1. The lowest BCUT2D eigenvalue weighted by atomic mass is 9.82. The minimum atomic E-state index is -3.72. The fraction of sp³-hybridized carbons (Fsp3) is 0.386. The van der Waals surface area contributed by atoms with E-state index in [-0.39, 0.29) is 37.1 Å². The number of nitrogens with one attached hydrogen (secondary N) is 1. The van der Waals surface area contributed by atoms with Crippen molar-refractivity contribution < 1.29 is 35.1 Å². The van der Waals surface area contributed by atoms with Crippen LogP contribution >= 0.6 is 33.8 Å². The van der Waals surface area contributed by atoms with Crippen molar-refractivity contribution in [3.63, 3.8) is 0 Å². The molecule has 7 atom stereocenters. The Morgan fingerprint density at radius 3 is 1.94 bits per heavy atom. The van der Waals surface area contributed by atoms with Gasteiger partial charge in [-0.1, -0.05) is 54.3 Å². The van der Waals surface area contributed by atoms with E-state index in [1.54, 1.807) is 43.0 Å². The quantitative estimate of drug-likeness (QED) is 0.205. The number of carbonyl (C=O) groups excluding carboxylic acids is 1. The summed E-state index contributed by atoms with van der Waals surface area (Å²) in [5.74, 6) is 14.8. The van der Waals surface area contributed by atoms with Gasteiger partial charge in [-0.2, -0.15) is 0 Å². The number of carbonyl (C=O) groups is 1. The van der Waals surface area contributed by atoms with E-state index in [0.717, 1.165) is 24.9 Å². The maximum Gasteiger partial charge on any atom is 0.410 e. The number of nitrogens with zero attached hydrogens (tertiary/aromatic N) is 3. The van der Waals surface area contributed by atoms with Gasteiger partial charge < -0.3 is 15.0 Å². The Hall–Kier alpha value is -3.61. The number of ether oxygens (including phenoxy) is 1. The maximum absolute atomic E-state index is 13.8. The molecule has 4 aliphatic heterocycles. The van der Waals surface area contributed by atoms with Crippen molar-refractivity contribution in [2.75, 3.05) is 27.5 Å². The Morgan fingerprint density at radius 1 is 0.823 bits per heavy atom. The molecular weight excluding hydrogens is 907 g/mol. The number of likely N-dealkylation sites (tertiary alicyclic amines) is 1. The minimum Gasteiger partial charge on any atom is -0.445 e. The Morgan fingerprint density at radius 2 is 1.40 bits per heavy atom. The smallest absolute Gasteiger partial charge is 0.410 e. The van der Waals surface area contributed by atoms with Crippen molar-refractivity contribution in [3.05, 3.63) is 108 Å². The van der Waals surface area contributed by atoms with E-state index in [1.807, 2.05) is 37.3 Å². The lowest BCUT2D eigenvalue weighted by Crippen LogP contribution is -2.57. The number of amides is 1. The van der Waals surface area contributed by atoms with Crippen molar-refractivity contribution in [2.45, 2.75) is 89.6 Å². The number of benzene rings is 3. The Bertz CT molecular complexity index is 2440. The summed E-state index contributed by atoms with van der Waals surface area (Å²) in [5, 5.41) is 4.52. The van der Waals surface area contributed by atoms with Crippen molar-refractivity contribution in [3.8, 4) is 35.5 Å². The summed E-state index contributed by atoms with van der Waals surface area (Å²) < 4.78 is 85.8. The van der Waals surface area contributed by atoms with E-state index in [0.29, 0.717) is 31.5 Å². The van der Waals surface area contributed by atoms with Crippen LogP contribution in [-0.2, 0) is 31.4 Å². The van der Waals surface area contributed by atoms with Gasteiger partial charge in [0.15, 0.2) is 0 Å². The van der Waals surface area contributed by atoms with Crippen molar-refractivity contribution >= 4 is 71.3 Å². The third-order valence-electron chi connectivity index (χ3n) is 10.4. The molecular formula is C44H54F2N4O6P4S2. The Kier molecular flexibility index (Phi) is 19.2. The maximum atomic E-state index is 13.8. The minimum absolute atomic E-state index is 0.130. The van der Waals surface area contributed by atoms with E-state index < -0.39 is 48.9 Å². The molecule has 2 spiro atoms. The van der Waals surface area contributed by atoms with Gasteiger partial charge in [0.1, 0.15) is 18.2 Å². The predicted octanol–water partition coefficient (Wildman–Crippen LogP) is 8.80. The second-order valence-corrected chi connectivity index (χ2v) is 30.3. The van der Waals surface area contributed by atoms with Crippen LogP contribution in [-0.4, -0.2) is 69.8 Å². The summed E-state index contributed by atoms with van der Waals surface area (Å²) in [5.41, 5.74) is 0.414. The van der Waals surface area contributed by atoms with Crippen LogP contribution in [0.1, 0.15) is 65.4 Å².